The monoisotopic (exact) mass is 675 g/mol. The highest BCUT2D eigenvalue weighted by Crippen LogP contribution is 2.30. The van der Waals surface area contributed by atoms with Gasteiger partial charge in [0.15, 0.2) is 0 Å². The van der Waals surface area contributed by atoms with Gasteiger partial charge in [0.2, 0.25) is 5.91 Å². The molecule has 1 heterocycles. The van der Waals surface area contributed by atoms with Crippen LogP contribution in [0.3, 0.4) is 0 Å². The number of carbonyl (C=O) groups excluding carboxylic acids is 2. The summed E-state index contributed by atoms with van der Waals surface area (Å²) in [4.78, 5) is 25.6. The number of nitrogens with zero attached hydrogens (tertiary/aromatic N) is 3. The van der Waals surface area contributed by atoms with E-state index in [1.807, 2.05) is 30.9 Å². The molecule has 49 heavy (non-hydrogen) atoms. The molecule has 0 saturated carbocycles. The molecule has 1 aromatic heterocycles. The predicted molar refractivity (Wildman–Crippen MR) is 193 cm³/mol. The van der Waals surface area contributed by atoms with Gasteiger partial charge in [0.05, 0.1) is 18.0 Å². The summed E-state index contributed by atoms with van der Waals surface area (Å²) in [6, 6.07) is 15.6. The van der Waals surface area contributed by atoms with E-state index in [1.165, 1.54) is 5.56 Å². The van der Waals surface area contributed by atoms with Crippen LogP contribution in [0.25, 0.3) is 0 Å². The molecule has 0 saturated heterocycles. The molecule has 0 bridgehead atoms. The molecule has 1 aliphatic carbocycles. The molecule has 3 aromatic rings. The topological polar surface area (TPSA) is 131 Å². The minimum absolute atomic E-state index is 0.00666. The minimum atomic E-state index is -0.259. The van der Waals surface area contributed by atoms with E-state index in [1.54, 1.807) is 12.1 Å². The van der Waals surface area contributed by atoms with Crippen LogP contribution in [0.4, 0.5) is 0 Å². The first-order valence-corrected chi connectivity index (χ1v) is 17.8. The zero-order valence-corrected chi connectivity index (χ0v) is 30.4. The fourth-order valence-corrected chi connectivity index (χ4v) is 5.74. The summed E-state index contributed by atoms with van der Waals surface area (Å²) in [5.74, 6) is 0.469. The normalized spacial score (nSPS) is 15.2. The molecule has 1 aliphatic rings. The van der Waals surface area contributed by atoms with Crippen LogP contribution in [0.5, 0.6) is 5.75 Å². The molecule has 4 N–H and O–H groups in total. The quantitative estimate of drug-likeness (QED) is 0.140. The lowest BCUT2D eigenvalue weighted by molar-refractivity contribution is -0.128. The van der Waals surface area contributed by atoms with Crippen LogP contribution in [-0.2, 0) is 35.5 Å². The van der Waals surface area contributed by atoms with Gasteiger partial charge in [-0.1, -0.05) is 42.3 Å². The summed E-state index contributed by atoms with van der Waals surface area (Å²) >= 11 is 0. The van der Waals surface area contributed by atoms with E-state index < -0.39 is 0 Å². The summed E-state index contributed by atoms with van der Waals surface area (Å²) in [7, 11) is 3.92. The van der Waals surface area contributed by atoms with Crippen LogP contribution in [0, 0.1) is 0 Å². The van der Waals surface area contributed by atoms with Gasteiger partial charge >= 0.3 is 0 Å². The maximum Gasteiger partial charge on any atom is 0.251 e. The lowest BCUT2D eigenvalue weighted by Gasteiger charge is -2.24. The average Bonchev–Trinajstić information content (AvgIpc) is 3.47. The highest BCUT2D eigenvalue weighted by Gasteiger charge is 2.25. The van der Waals surface area contributed by atoms with Gasteiger partial charge in [-0.25, -0.2) is 4.68 Å². The number of rotatable bonds is 18. The van der Waals surface area contributed by atoms with Gasteiger partial charge < -0.3 is 30.7 Å². The summed E-state index contributed by atoms with van der Waals surface area (Å²) < 4.78 is 14.0. The number of benzene rings is 2. The van der Waals surface area contributed by atoms with Crippen molar-refractivity contribution in [3.8, 4) is 5.75 Å². The number of fused-ring (bicyclic) bond motifs is 1. The van der Waals surface area contributed by atoms with E-state index in [2.05, 4.69) is 83.5 Å². The highest BCUT2D eigenvalue weighted by molar-refractivity contribution is 5.94. The molecular formula is C38H57N7O4. The second-order valence-corrected chi connectivity index (χ2v) is 14.3. The van der Waals surface area contributed by atoms with Gasteiger partial charge in [-0.05, 0) is 116 Å². The van der Waals surface area contributed by atoms with Crippen LogP contribution in [0.2, 0.25) is 0 Å². The van der Waals surface area contributed by atoms with Crippen molar-refractivity contribution in [2.24, 2.45) is 0 Å². The first-order chi connectivity index (χ1) is 23.5. The SMILES string of the molecule is CNC(C)(C)CCOc1ccc(C(=O)NCCCn2nnc3c2C(OCC(=O)NCc2ccc(CC(C)(C)NC)cc2)CCCCC3)cc1. The number of likely N-dealkylation sites (N-methyl/N-ethyl adjacent to an activating group) is 1. The Morgan fingerprint density at radius 2 is 1.61 bits per heavy atom. The largest absolute Gasteiger partial charge is 0.494 e. The van der Waals surface area contributed by atoms with E-state index in [0.717, 1.165) is 67.6 Å². The van der Waals surface area contributed by atoms with Gasteiger partial charge in [0.1, 0.15) is 18.5 Å². The second kappa shape index (κ2) is 18.3. The second-order valence-electron chi connectivity index (χ2n) is 14.3. The summed E-state index contributed by atoms with van der Waals surface area (Å²) in [6.45, 7) is 10.7. The Kier molecular flexibility index (Phi) is 14.2. The van der Waals surface area contributed by atoms with Crippen LogP contribution in [0.15, 0.2) is 48.5 Å². The Bertz CT molecular complexity index is 1470. The Balaban J connectivity index is 1.23. The first-order valence-electron chi connectivity index (χ1n) is 17.8. The number of carbonyl (C=O) groups is 2. The molecule has 0 spiro atoms. The molecule has 1 unspecified atom stereocenters. The maximum atomic E-state index is 12.8. The van der Waals surface area contributed by atoms with Crippen LogP contribution < -0.4 is 26.0 Å². The van der Waals surface area contributed by atoms with E-state index in [0.29, 0.717) is 38.2 Å². The molecule has 2 aromatic carbocycles. The van der Waals surface area contributed by atoms with Gasteiger partial charge in [0, 0.05) is 36.3 Å². The number of nitrogens with one attached hydrogen (secondary N) is 4. The summed E-state index contributed by atoms with van der Waals surface area (Å²) in [6.07, 6.45) is 7.03. The third-order valence-corrected chi connectivity index (χ3v) is 9.40. The lowest BCUT2D eigenvalue weighted by Crippen LogP contribution is -2.38. The lowest BCUT2D eigenvalue weighted by atomic mass is 9.95. The van der Waals surface area contributed by atoms with Crippen molar-refractivity contribution in [1.29, 1.82) is 0 Å². The molecule has 4 rings (SSSR count). The number of aromatic nitrogens is 3. The minimum Gasteiger partial charge on any atom is -0.494 e. The van der Waals surface area contributed by atoms with Gasteiger partial charge in [-0.2, -0.15) is 0 Å². The number of hydrogen-bond acceptors (Lipinski definition) is 8. The van der Waals surface area contributed by atoms with Gasteiger partial charge in [-0.15, -0.1) is 5.10 Å². The number of aryl methyl sites for hydroxylation is 2. The molecule has 268 valence electrons. The Labute approximate surface area is 292 Å². The van der Waals surface area contributed by atoms with Crippen LogP contribution in [0.1, 0.15) is 105 Å². The molecule has 11 nitrogen and oxygen atoms in total. The molecule has 0 fully saturated rings. The molecule has 1 atom stereocenters. The Morgan fingerprint density at radius 1 is 0.898 bits per heavy atom. The molecule has 0 radical (unpaired) electrons. The molecular weight excluding hydrogens is 618 g/mol. The molecule has 11 heteroatoms. The smallest absolute Gasteiger partial charge is 0.251 e. The number of hydrogen-bond donors (Lipinski definition) is 4. The van der Waals surface area contributed by atoms with Crippen molar-refractivity contribution in [2.45, 2.75) is 109 Å². The van der Waals surface area contributed by atoms with Crippen LogP contribution in [-0.4, -0.2) is 71.7 Å². The van der Waals surface area contributed by atoms with Gasteiger partial charge in [-0.3, -0.25) is 9.59 Å². The number of ether oxygens (including phenoxy) is 2. The first kappa shape index (κ1) is 38.0. The Morgan fingerprint density at radius 3 is 2.33 bits per heavy atom. The van der Waals surface area contributed by atoms with Crippen LogP contribution >= 0.6 is 0 Å². The fraction of sp³-hybridized carbons (Fsp3) is 0.579. The van der Waals surface area contributed by atoms with Crippen molar-refractivity contribution in [3.05, 3.63) is 76.6 Å². The van der Waals surface area contributed by atoms with Crippen molar-refractivity contribution < 1.29 is 19.1 Å². The van der Waals surface area contributed by atoms with E-state index >= 15 is 0 Å². The highest BCUT2D eigenvalue weighted by atomic mass is 16.5. The van der Waals surface area contributed by atoms with Gasteiger partial charge in [0.25, 0.3) is 5.91 Å². The molecule has 0 aliphatic heterocycles. The zero-order valence-electron chi connectivity index (χ0n) is 30.4. The zero-order chi connectivity index (χ0) is 35.3. The van der Waals surface area contributed by atoms with Crippen molar-refractivity contribution in [3.63, 3.8) is 0 Å². The summed E-state index contributed by atoms with van der Waals surface area (Å²) in [5, 5.41) is 21.5. The Hall–Kier alpha value is -3.80. The van der Waals surface area contributed by atoms with Crippen molar-refractivity contribution in [2.75, 3.05) is 33.9 Å². The van der Waals surface area contributed by atoms with Crippen molar-refractivity contribution in [1.82, 2.24) is 36.3 Å². The van der Waals surface area contributed by atoms with E-state index in [4.69, 9.17) is 9.47 Å². The molecule has 2 amide bonds. The standard InChI is InChI=1S/C38H57N7O4/c1-37(2,39-5)21-24-48-31-19-17-30(18-20-31)36(47)41-22-10-23-45-35-32(43-44-45)11-8-7-9-12-33(35)49-27-34(46)42-26-29-15-13-28(14-16-29)25-38(3,4)40-6/h13-20,33,39-40H,7-12,21-27H2,1-6H3,(H,41,47)(H,42,46). The third kappa shape index (κ3) is 12.2. The fourth-order valence-electron chi connectivity index (χ4n) is 5.74. The number of amides is 2. The van der Waals surface area contributed by atoms with E-state index in [-0.39, 0.29) is 35.6 Å². The van der Waals surface area contributed by atoms with E-state index in [9.17, 15) is 9.59 Å². The maximum absolute atomic E-state index is 12.8. The predicted octanol–water partition coefficient (Wildman–Crippen LogP) is 4.90. The van der Waals surface area contributed by atoms with Crippen molar-refractivity contribution >= 4 is 11.8 Å². The summed E-state index contributed by atoms with van der Waals surface area (Å²) in [5.41, 5.74) is 4.81. The third-order valence-electron chi connectivity index (χ3n) is 9.40. The average molecular weight is 676 g/mol.